The normalized spacial score (nSPS) is 16.5. The number of Topliss-reactive ketones (excluding diaryl/α,β-unsaturated/α-hetero) is 1. The molecule has 1 heterocycles. The van der Waals surface area contributed by atoms with Crippen LogP contribution in [0.2, 0.25) is 0 Å². The third-order valence-electron chi connectivity index (χ3n) is 4.83. The molecular weight excluding hydrogens is 330 g/mol. The summed E-state index contributed by atoms with van der Waals surface area (Å²) in [4.78, 5) is 28.2. The van der Waals surface area contributed by atoms with E-state index in [1.165, 1.54) is 0 Å². The molecular formula is C21H25NO4. The lowest BCUT2D eigenvalue weighted by Crippen LogP contribution is -2.18. The molecule has 0 saturated carbocycles. The van der Waals surface area contributed by atoms with Crippen LogP contribution in [0.5, 0.6) is 5.75 Å². The van der Waals surface area contributed by atoms with Crippen molar-refractivity contribution in [3.63, 3.8) is 0 Å². The van der Waals surface area contributed by atoms with Crippen LogP contribution in [-0.4, -0.2) is 30.5 Å². The molecule has 0 saturated heterocycles. The number of fused-ring (bicyclic) bond motifs is 1. The number of benzene rings is 1. The van der Waals surface area contributed by atoms with E-state index in [9.17, 15) is 9.59 Å². The SMILES string of the molecule is COc1ccc(C2CC(=O)c3c([nH]c(C(=O)OCC(C)C)c3C)C2)cc1. The number of ketones is 1. The Labute approximate surface area is 153 Å². The molecule has 0 bridgehead atoms. The maximum atomic E-state index is 12.7. The standard InChI is InChI=1S/C21H25NO4/c1-12(2)11-26-21(24)20-13(3)19-17(22-20)9-15(10-18(19)23)14-5-7-16(25-4)8-6-14/h5-8,12,15,22H,9-11H2,1-4H3. The molecule has 3 rings (SSSR count). The first-order valence-electron chi connectivity index (χ1n) is 8.96. The van der Waals surface area contributed by atoms with Crippen LogP contribution in [0.1, 0.15) is 63.9 Å². The summed E-state index contributed by atoms with van der Waals surface area (Å²) in [5.41, 5.74) is 3.69. The van der Waals surface area contributed by atoms with Crippen LogP contribution in [0.3, 0.4) is 0 Å². The Balaban J connectivity index is 1.84. The van der Waals surface area contributed by atoms with Gasteiger partial charge in [-0.2, -0.15) is 0 Å². The number of ether oxygens (including phenoxy) is 2. The van der Waals surface area contributed by atoms with Gasteiger partial charge in [0.1, 0.15) is 11.4 Å². The molecule has 0 spiro atoms. The van der Waals surface area contributed by atoms with Crippen molar-refractivity contribution >= 4 is 11.8 Å². The molecule has 1 aliphatic carbocycles. The fourth-order valence-electron chi connectivity index (χ4n) is 3.46. The number of esters is 1. The number of aromatic nitrogens is 1. The summed E-state index contributed by atoms with van der Waals surface area (Å²) in [6, 6.07) is 7.80. The van der Waals surface area contributed by atoms with Gasteiger partial charge in [-0.05, 0) is 48.4 Å². The van der Waals surface area contributed by atoms with Crippen LogP contribution in [0.15, 0.2) is 24.3 Å². The minimum Gasteiger partial charge on any atom is -0.497 e. The van der Waals surface area contributed by atoms with Gasteiger partial charge in [-0.15, -0.1) is 0 Å². The highest BCUT2D eigenvalue weighted by atomic mass is 16.5. The fourth-order valence-corrected chi connectivity index (χ4v) is 3.46. The van der Waals surface area contributed by atoms with E-state index in [0.717, 1.165) is 17.0 Å². The predicted octanol–water partition coefficient (Wildman–Crippen LogP) is 4.06. The van der Waals surface area contributed by atoms with Crippen molar-refractivity contribution in [2.75, 3.05) is 13.7 Å². The number of methoxy groups -OCH3 is 1. The van der Waals surface area contributed by atoms with E-state index in [4.69, 9.17) is 9.47 Å². The highest BCUT2D eigenvalue weighted by Crippen LogP contribution is 2.35. The highest BCUT2D eigenvalue weighted by molar-refractivity contribution is 6.03. The van der Waals surface area contributed by atoms with Crippen LogP contribution in [0.4, 0.5) is 0 Å². The van der Waals surface area contributed by atoms with E-state index in [1.807, 2.05) is 45.0 Å². The lowest BCUT2D eigenvalue weighted by molar-refractivity contribution is 0.0451. The first kappa shape index (κ1) is 18.2. The lowest BCUT2D eigenvalue weighted by Gasteiger charge is -2.22. The van der Waals surface area contributed by atoms with Crippen LogP contribution >= 0.6 is 0 Å². The molecule has 0 amide bonds. The Kier molecular flexibility index (Phi) is 5.16. The molecule has 1 aliphatic rings. The third-order valence-corrected chi connectivity index (χ3v) is 4.83. The number of carbonyl (C=O) groups is 2. The highest BCUT2D eigenvalue weighted by Gasteiger charge is 2.32. The quantitative estimate of drug-likeness (QED) is 0.821. The minimum absolute atomic E-state index is 0.0729. The van der Waals surface area contributed by atoms with E-state index < -0.39 is 0 Å². The topological polar surface area (TPSA) is 68.4 Å². The van der Waals surface area contributed by atoms with Gasteiger partial charge in [0, 0.05) is 17.7 Å². The number of hydrogen-bond acceptors (Lipinski definition) is 4. The molecule has 0 radical (unpaired) electrons. The second kappa shape index (κ2) is 7.36. The molecule has 1 aromatic heterocycles. The molecule has 1 aromatic carbocycles. The van der Waals surface area contributed by atoms with Crippen LogP contribution in [-0.2, 0) is 11.2 Å². The van der Waals surface area contributed by atoms with Gasteiger partial charge in [0.2, 0.25) is 0 Å². The van der Waals surface area contributed by atoms with Crippen LogP contribution < -0.4 is 4.74 Å². The van der Waals surface area contributed by atoms with Gasteiger partial charge in [0.25, 0.3) is 0 Å². The van der Waals surface area contributed by atoms with Crippen molar-refractivity contribution in [2.45, 2.75) is 39.5 Å². The number of rotatable bonds is 5. The van der Waals surface area contributed by atoms with Gasteiger partial charge < -0.3 is 14.5 Å². The van der Waals surface area contributed by atoms with E-state index in [-0.39, 0.29) is 23.6 Å². The zero-order valence-corrected chi connectivity index (χ0v) is 15.7. The summed E-state index contributed by atoms with van der Waals surface area (Å²) in [7, 11) is 1.63. The maximum absolute atomic E-state index is 12.7. The van der Waals surface area contributed by atoms with Gasteiger partial charge in [-0.3, -0.25) is 4.79 Å². The summed E-state index contributed by atoms with van der Waals surface area (Å²) >= 11 is 0. The van der Waals surface area contributed by atoms with Crippen molar-refractivity contribution in [3.05, 3.63) is 52.3 Å². The zero-order valence-electron chi connectivity index (χ0n) is 15.7. The Morgan fingerprint density at radius 3 is 2.54 bits per heavy atom. The molecule has 5 heteroatoms. The second-order valence-electron chi connectivity index (χ2n) is 7.27. The van der Waals surface area contributed by atoms with Crippen molar-refractivity contribution in [2.24, 2.45) is 5.92 Å². The molecule has 1 N–H and O–H groups in total. The van der Waals surface area contributed by atoms with E-state index in [1.54, 1.807) is 7.11 Å². The summed E-state index contributed by atoms with van der Waals surface area (Å²) in [6.45, 7) is 6.16. The monoisotopic (exact) mass is 355 g/mol. The maximum Gasteiger partial charge on any atom is 0.355 e. The van der Waals surface area contributed by atoms with Gasteiger partial charge in [0.05, 0.1) is 13.7 Å². The number of hydrogen-bond donors (Lipinski definition) is 1. The molecule has 1 unspecified atom stereocenters. The van der Waals surface area contributed by atoms with Crippen LogP contribution in [0.25, 0.3) is 0 Å². The van der Waals surface area contributed by atoms with E-state index in [0.29, 0.717) is 36.3 Å². The number of aromatic amines is 1. The largest absolute Gasteiger partial charge is 0.497 e. The minimum atomic E-state index is -0.389. The predicted molar refractivity (Wildman–Crippen MR) is 99.0 cm³/mol. The van der Waals surface area contributed by atoms with Gasteiger partial charge in [0.15, 0.2) is 5.78 Å². The van der Waals surface area contributed by atoms with E-state index >= 15 is 0 Å². The average molecular weight is 355 g/mol. The fraction of sp³-hybridized carbons (Fsp3) is 0.429. The molecule has 2 aromatic rings. The van der Waals surface area contributed by atoms with Gasteiger partial charge in [-0.1, -0.05) is 26.0 Å². The van der Waals surface area contributed by atoms with Gasteiger partial charge >= 0.3 is 5.97 Å². The van der Waals surface area contributed by atoms with Crippen LogP contribution in [0, 0.1) is 12.8 Å². The first-order chi connectivity index (χ1) is 12.4. The smallest absolute Gasteiger partial charge is 0.355 e. The van der Waals surface area contributed by atoms with Crippen molar-refractivity contribution in [1.29, 1.82) is 0 Å². The van der Waals surface area contributed by atoms with Crippen molar-refractivity contribution in [3.8, 4) is 5.75 Å². The number of H-pyrrole nitrogens is 1. The first-order valence-corrected chi connectivity index (χ1v) is 8.96. The molecule has 1 atom stereocenters. The molecule has 26 heavy (non-hydrogen) atoms. The third kappa shape index (κ3) is 3.52. The number of carbonyl (C=O) groups excluding carboxylic acids is 2. The average Bonchev–Trinajstić information content (AvgIpc) is 2.97. The summed E-state index contributed by atoms with van der Waals surface area (Å²) in [6.07, 6.45) is 1.14. The van der Waals surface area contributed by atoms with E-state index in [2.05, 4.69) is 4.98 Å². The summed E-state index contributed by atoms with van der Waals surface area (Å²) in [5.74, 6) is 0.842. The molecule has 138 valence electrons. The Morgan fingerprint density at radius 1 is 1.23 bits per heavy atom. The Bertz CT molecular complexity index is 817. The molecule has 5 nitrogen and oxygen atoms in total. The van der Waals surface area contributed by atoms with Gasteiger partial charge in [-0.25, -0.2) is 4.79 Å². The zero-order chi connectivity index (χ0) is 18.8. The molecule has 0 fully saturated rings. The lowest BCUT2D eigenvalue weighted by atomic mass is 9.81. The summed E-state index contributed by atoms with van der Waals surface area (Å²) < 4.78 is 10.5. The Hall–Kier alpha value is -2.56. The number of nitrogens with one attached hydrogen (secondary N) is 1. The van der Waals surface area contributed by atoms with Crippen molar-refractivity contribution in [1.82, 2.24) is 4.98 Å². The molecule has 0 aliphatic heterocycles. The summed E-state index contributed by atoms with van der Waals surface area (Å²) in [5, 5.41) is 0. The second-order valence-corrected chi connectivity index (χ2v) is 7.27. The Morgan fingerprint density at radius 2 is 1.92 bits per heavy atom. The van der Waals surface area contributed by atoms with Crippen molar-refractivity contribution < 1.29 is 19.1 Å².